The molecule has 82 valence electrons. The van der Waals surface area contributed by atoms with E-state index in [2.05, 4.69) is 4.74 Å². The Balaban J connectivity index is 3.13. The fourth-order valence-electron chi connectivity index (χ4n) is 1.18. The molecule has 1 aromatic carbocycles. The van der Waals surface area contributed by atoms with Crippen molar-refractivity contribution >= 4 is 5.78 Å². The second kappa shape index (κ2) is 4.95. The van der Waals surface area contributed by atoms with Crippen LogP contribution in [0, 0.1) is 11.6 Å². The van der Waals surface area contributed by atoms with Crippen LogP contribution in [-0.2, 0) is 11.3 Å². The molecule has 15 heavy (non-hydrogen) atoms. The number of carbonyl (C=O) groups is 1. The lowest BCUT2D eigenvalue weighted by Gasteiger charge is -2.05. The van der Waals surface area contributed by atoms with Crippen LogP contribution >= 0.6 is 0 Å². The Morgan fingerprint density at radius 2 is 2.07 bits per heavy atom. The third kappa shape index (κ3) is 2.57. The van der Waals surface area contributed by atoms with Crippen molar-refractivity contribution in [2.24, 2.45) is 5.73 Å². The van der Waals surface area contributed by atoms with Gasteiger partial charge in [0, 0.05) is 12.7 Å². The van der Waals surface area contributed by atoms with Crippen LogP contribution in [0.15, 0.2) is 12.1 Å². The van der Waals surface area contributed by atoms with Gasteiger partial charge in [-0.15, -0.1) is 0 Å². The van der Waals surface area contributed by atoms with Crippen LogP contribution in [0.25, 0.3) is 0 Å². The first kappa shape index (κ1) is 11.7. The largest absolute Gasteiger partial charge is 0.380 e. The number of rotatable bonds is 4. The van der Waals surface area contributed by atoms with E-state index in [9.17, 15) is 13.6 Å². The number of hydrogen-bond acceptors (Lipinski definition) is 3. The molecule has 0 aromatic heterocycles. The van der Waals surface area contributed by atoms with Gasteiger partial charge in [-0.1, -0.05) is 0 Å². The van der Waals surface area contributed by atoms with Crippen LogP contribution in [0.2, 0.25) is 0 Å². The zero-order valence-corrected chi connectivity index (χ0v) is 8.22. The number of methoxy groups -OCH3 is 1. The normalized spacial score (nSPS) is 10.4. The first-order valence-electron chi connectivity index (χ1n) is 4.30. The van der Waals surface area contributed by atoms with Crippen LogP contribution in [0.1, 0.15) is 15.9 Å². The average Bonchev–Trinajstić information content (AvgIpc) is 2.22. The topological polar surface area (TPSA) is 52.3 Å². The highest BCUT2D eigenvalue weighted by Gasteiger charge is 2.14. The number of ketones is 1. The summed E-state index contributed by atoms with van der Waals surface area (Å²) in [5.41, 5.74) is 4.80. The SMILES string of the molecule is COCc1cc(F)c(C(=O)CN)cc1F. The highest BCUT2D eigenvalue weighted by molar-refractivity contribution is 5.97. The molecule has 0 unspecified atom stereocenters. The Kier molecular flexibility index (Phi) is 3.88. The molecule has 3 nitrogen and oxygen atoms in total. The molecule has 0 radical (unpaired) electrons. The number of Topliss-reactive ketones (excluding diaryl/α,β-unsaturated/α-hetero) is 1. The Hall–Kier alpha value is -1.33. The molecule has 5 heteroatoms. The van der Waals surface area contributed by atoms with E-state index < -0.39 is 17.4 Å². The smallest absolute Gasteiger partial charge is 0.179 e. The molecule has 2 N–H and O–H groups in total. The summed E-state index contributed by atoms with van der Waals surface area (Å²) in [6, 6.07) is 1.79. The van der Waals surface area contributed by atoms with Crippen LogP contribution in [-0.4, -0.2) is 19.4 Å². The summed E-state index contributed by atoms with van der Waals surface area (Å²) < 4.78 is 31.2. The summed E-state index contributed by atoms with van der Waals surface area (Å²) in [6.45, 7) is -0.389. The van der Waals surface area contributed by atoms with Crippen molar-refractivity contribution in [3.05, 3.63) is 34.9 Å². The van der Waals surface area contributed by atoms with Gasteiger partial charge < -0.3 is 10.5 Å². The molecule has 0 aliphatic heterocycles. The summed E-state index contributed by atoms with van der Waals surface area (Å²) >= 11 is 0. The Bertz CT molecular complexity index is 380. The van der Waals surface area contributed by atoms with Crippen molar-refractivity contribution in [2.45, 2.75) is 6.61 Å². The standard InChI is InChI=1S/C10H11F2NO2/c1-15-5-6-2-9(12)7(3-8(6)11)10(14)4-13/h2-3H,4-5,13H2,1H3. The minimum absolute atomic E-state index is 0.0418. The van der Waals surface area contributed by atoms with E-state index in [1.165, 1.54) is 7.11 Å². The first-order valence-corrected chi connectivity index (χ1v) is 4.30. The second-order valence-electron chi connectivity index (χ2n) is 2.98. The number of halogens is 2. The lowest BCUT2D eigenvalue weighted by molar-refractivity contribution is 0.0996. The van der Waals surface area contributed by atoms with Gasteiger partial charge in [0.05, 0.1) is 18.7 Å². The van der Waals surface area contributed by atoms with Gasteiger partial charge in [0.2, 0.25) is 0 Å². The summed E-state index contributed by atoms with van der Waals surface area (Å²) in [5.74, 6) is -2.08. The van der Waals surface area contributed by atoms with Crippen molar-refractivity contribution in [2.75, 3.05) is 13.7 Å². The maximum absolute atomic E-state index is 13.3. The van der Waals surface area contributed by atoms with E-state index in [-0.39, 0.29) is 24.3 Å². The van der Waals surface area contributed by atoms with Gasteiger partial charge in [0.15, 0.2) is 5.78 Å². The van der Waals surface area contributed by atoms with Crippen molar-refractivity contribution in [1.82, 2.24) is 0 Å². The molecule has 0 fully saturated rings. The third-order valence-corrected chi connectivity index (χ3v) is 1.92. The zero-order valence-electron chi connectivity index (χ0n) is 8.22. The third-order valence-electron chi connectivity index (χ3n) is 1.92. The monoisotopic (exact) mass is 215 g/mol. The van der Waals surface area contributed by atoms with Gasteiger partial charge in [0.25, 0.3) is 0 Å². The van der Waals surface area contributed by atoms with Crippen molar-refractivity contribution in [1.29, 1.82) is 0 Å². The van der Waals surface area contributed by atoms with Gasteiger partial charge in [-0.2, -0.15) is 0 Å². The molecule has 0 spiro atoms. The van der Waals surface area contributed by atoms with E-state index in [0.29, 0.717) is 0 Å². The summed E-state index contributed by atoms with van der Waals surface area (Å²) in [4.78, 5) is 11.1. The van der Waals surface area contributed by atoms with Crippen molar-refractivity contribution in [3.63, 3.8) is 0 Å². The van der Waals surface area contributed by atoms with Crippen LogP contribution in [0.5, 0.6) is 0 Å². The van der Waals surface area contributed by atoms with Crippen LogP contribution in [0.4, 0.5) is 8.78 Å². The summed E-state index contributed by atoms with van der Waals surface area (Å²) in [5, 5.41) is 0. The zero-order chi connectivity index (χ0) is 11.4. The molecule has 0 heterocycles. The highest BCUT2D eigenvalue weighted by Crippen LogP contribution is 2.16. The molecule has 1 aromatic rings. The second-order valence-corrected chi connectivity index (χ2v) is 2.98. The van der Waals surface area contributed by atoms with Crippen LogP contribution in [0.3, 0.4) is 0 Å². The molecule has 0 aliphatic carbocycles. The predicted molar refractivity (Wildman–Crippen MR) is 50.5 cm³/mol. The molecule has 0 aliphatic rings. The molecule has 1 rings (SSSR count). The lowest BCUT2D eigenvalue weighted by atomic mass is 10.1. The minimum atomic E-state index is -0.779. The van der Waals surface area contributed by atoms with E-state index in [0.717, 1.165) is 12.1 Å². The Labute approximate surface area is 85.8 Å². The van der Waals surface area contributed by atoms with Crippen LogP contribution < -0.4 is 5.73 Å². The molecule has 0 atom stereocenters. The fourth-order valence-corrected chi connectivity index (χ4v) is 1.18. The van der Waals surface area contributed by atoms with E-state index in [1.807, 2.05) is 0 Å². The molecule has 0 bridgehead atoms. The molecular weight excluding hydrogens is 204 g/mol. The number of benzene rings is 1. The summed E-state index contributed by atoms with van der Waals surface area (Å²) in [6.07, 6.45) is 0. The molecular formula is C10H11F2NO2. The quantitative estimate of drug-likeness (QED) is 0.769. The fraction of sp³-hybridized carbons (Fsp3) is 0.300. The van der Waals surface area contributed by atoms with Gasteiger partial charge in [-0.3, -0.25) is 4.79 Å². The minimum Gasteiger partial charge on any atom is -0.380 e. The van der Waals surface area contributed by atoms with Crippen molar-refractivity contribution in [3.8, 4) is 0 Å². The van der Waals surface area contributed by atoms with Gasteiger partial charge in [-0.05, 0) is 12.1 Å². The van der Waals surface area contributed by atoms with E-state index in [1.54, 1.807) is 0 Å². The van der Waals surface area contributed by atoms with E-state index in [4.69, 9.17) is 5.73 Å². The number of carbonyl (C=O) groups excluding carboxylic acids is 1. The van der Waals surface area contributed by atoms with E-state index >= 15 is 0 Å². The van der Waals surface area contributed by atoms with Crippen molar-refractivity contribution < 1.29 is 18.3 Å². The average molecular weight is 215 g/mol. The molecule has 0 amide bonds. The van der Waals surface area contributed by atoms with Gasteiger partial charge in [0.1, 0.15) is 11.6 Å². The lowest BCUT2D eigenvalue weighted by Crippen LogP contribution is -2.16. The van der Waals surface area contributed by atoms with Gasteiger partial charge >= 0.3 is 0 Å². The maximum Gasteiger partial charge on any atom is 0.179 e. The number of hydrogen-bond donors (Lipinski definition) is 1. The van der Waals surface area contributed by atoms with Gasteiger partial charge in [-0.25, -0.2) is 8.78 Å². The number of nitrogens with two attached hydrogens (primary N) is 1. The summed E-state index contributed by atoms with van der Waals surface area (Å²) in [7, 11) is 1.37. The molecule has 0 saturated heterocycles. The predicted octanol–water partition coefficient (Wildman–Crippen LogP) is 1.25. The maximum atomic E-state index is 13.3. The Morgan fingerprint density at radius 1 is 1.40 bits per heavy atom. The number of ether oxygens (including phenoxy) is 1. The molecule has 0 saturated carbocycles. The first-order chi connectivity index (χ1) is 7.10. The Morgan fingerprint density at radius 3 is 2.60 bits per heavy atom. The highest BCUT2D eigenvalue weighted by atomic mass is 19.1.